The highest BCUT2D eigenvalue weighted by atomic mass is 16.2. The molecule has 0 unspecified atom stereocenters. The Kier molecular flexibility index (Phi) is 4.61. The molecule has 8 nitrogen and oxygen atoms in total. The van der Waals surface area contributed by atoms with Crippen molar-refractivity contribution in [3.05, 3.63) is 30.3 Å². The zero-order valence-corrected chi connectivity index (χ0v) is 13.1. The molecule has 0 bridgehead atoms. The molecule has 0 atom stereocenters. The Morgan fingerprint density at radius 2 is 2.04 bits per heavy atom. The van der Waals surface area contributed by atoms with Crippen molar-refractivity contribution in [1.82, 2.24) is 25.5 Å². The van der Waals surface area contributed by atoms with Gasteiger partial charge in [-0.2, -0.15) is 10.2 Å². The summed E-state index contributed by atoms with van der Waals surface area (Å²) in [5.41, 5.74) is 0.475. The first-order valence-corrected chi connectivity index (χ1v) is 7.68. The smallest absolute Gasteiger partial charge is 0.241 e. The lowest BCUT2D eigenvalue weighted by Crippen LogP contribution is -2.31. The third kappa shape index (κ3) is 3.81. The predicted octanol–water partition coefficient (Wildman–Crippen LogP) is 1.42. The number of amides is 1. The standard InChI is InChI=1S/C16H17N7O/c1-2-3-9-16(19-20-16)10-11-17-14(24)12-23-15(18-21-22-23)13-7-5-4-6-8-13/h1,4-8H,3,9-12H2,(H,17,24). The van der Waals surface area contributed by atoms with Crippen molar-refractivity contribution >= 4 is 5.91 Å². The first kappa shape index (κ1) is 15.8. The minimum atomic E-state index is -0.385. The van der Waals surface area contributed by atoms with Crippen molar-refractivity contribution in [2.75, 3.05) is 6.54 Å². The third-order valence-corrected chi connectivity index (χ3v) is 3.76. The summed E-state index contributed by atoms with van der Waals surface area (Å²) in [5.74, 6) is 2.98. The number of nitrogens with one attached hydrogen (secondary N) is 1. The SMILES string of the molecule is C#CCCC1(CCNC(=O)Cn2nnnc2-c2ccccc2)N=N1. The Morgan fingerprint density at radius 1 is 1.25 bits per heavy atom. The van der Waals surface area contributed by atoms with E-state index in [0.29, 0.717) is 25.2 Å². The van der Waals surface area contributed by atoms with Gasteiger partial charge in [-0.1, -0.05) is 30.3 Å². The van der Waals surface area contributed by atoms with Gasteiger partial charge in [0.05, 0.1) is 0 Å². The fraction of sp³-hybridized carbons (Fsp3) is 0.375. The Morgan fingerprint density at radius 3 is 2.75 bits per heavy atom. The van der Waals surface area contributed by atoms with Gasteiger partial charge < -0.3 is 5.32 Å². The van der Waals surface area contributed by atoms with E-state index < -0.39 is 0 Å². The number of nitrogens with zero attached hydrogens (tertiary/aromatic N) is 6. The number of rotatable bonds is 8. The lowest BCUT2D eigenvalue weighted by atomic mass is 10.0. The van der Waals surface area contributed by atoms with Crippen LogP contribution in [0.2, 0.25) is 0 Å². The second kappa shape index (κ2) is 7.00. The summed E-state index contributed by atoms with van der Waals surface area (Å²) in [4.78, 5) is 12.1. The molecule has 1 N–H and O–H groups in total. The number of carbonyl (C=O) groups is 1. The van der Waals surface area contributed by atoms with E-state index >= 15 is 0 Å². The zero-order valence-electron chi connectivity index (χ0n) is 13.1. The zero-order chi connectivity index (χ0) is 16.8. The number of tetrazole rings is 1. The van der Waals surface area contributed by atoms with E-state index in [0.717, 1.165) is 12.0 Å². The van der Waals surface area contributed by atoms with Gasteiger partial charge in [-0.05, 0) is 10.4 Å². The van der Waals surface area contributed by atoms with E-state index in [1.54, 1.807) is 0 Å². The fourth-order valence-electron chi connectivity index (χ4n) is 2.37. The van der Waals surface area contributed by atoms with Crippen LogP contribution in [0.5, 0.6) is 0 Å². The summed E-state index contributed by atoms with van der Waals surface area (Å²) < 4.78 is 1.48. The van der Waals surface area contributed by atoms with Crippen molar-refractivity contribution in [1.29, 1.82) is 0 Å². The molecule has 0 radical (unpaired) electrons. The molecule has 24 heavy (non-hydrogen) atoms. The topological polar surface area (TPSA) is 97.4 Å². The van der Waals surface area contributed by atoms with Gasteiger partial charge >= 0.3 is 0 Å². The lowest BCUT2D eigenvalue weighted by molar-refractivity contribution is -0.121. The molecule has 1 aromatic heterocycles. The molecule has 0 saturated heterocycles. The van der Waals surface area contributed by atoms with Crippen molar-refractivity contribution in [3.63, 3.8) is 0 Å². The van der Waals surface area contributed by atoms with Crippen LogP contribution in [0, 0.1) is 12.3 Å². The molecule has 0 spiro atoms. The highest BCUT2D eigenvalue weighted by Gasteiger charge is 2.38. The number of hydrogen-bond acceptors (Lipinski definition) is 6. The van der Waals surface area contributed by atoms with Gasteiger partial charge in [-0.25, -0.2) is 4.68 Å². The summed E-state index contributed by atoms with van der Waals surface area (Å²) in [5, 5.41) is 22.4. The van der Waals surface area contributed by atoms with E-state index in [-0.39, 0.29) is 18.1 Å². The molecule has 1 aliphatic rings. The summed E-state index contributed by atoms with van der Waals surface area (Å²) >= 11 is 0. The van der Waals surface area contributed by atoms with Crippen molar-refractivity contribution < 1.29 is 4.79 Å². The lowest BCUT2D eigenvalue weighted by Gasteiger charge is -2.10. The Hall–Kier alpha value is -3.08. The van der Waals surface area contributed by atoms with Crippen LogP contribution in [0.15, 0.2) is 40.6 Å². The minimum Gasteiger partial charge on any atom is -0.354 e. The van der Waals surface area contributed by atoms with E-state index in [4.69, 9.17) is 6.42 Å². The largest absolute Gasteiger partial charge is 0.354 e. The second-order valence-corrected chi connectivity index (χ2v) is 5.51. The summed E-state index contributed by atoms with van der Waals surface area (Å²) in [7, 11) is 0. The van der Waals surface area contributed by atoms with Gasteiger partial charge in [0.25, 0.3) is 0 Å². The van der Waals surface area contributed by atoms with Crippen LogP contribution in [0.4, 0.5) is 0 Å². The maximum atomic E-state index is 12.1. The third-order valence-electron chi connectivity index (χ3n) is 3.76. The van der Waals surface area contributed by atoms with Crippen LogP contribution in [0.25, 0.3) is 11.4 Å². The first-order valence-electron chi connectivity index (χ1n) is 7.68. The van der Waals surface area contributed by atoms with E-state index in [9.17, 15) is 4.79 Å². The van der Waals surface area contributed by atoms with Crippen molar-refractivity contribution in [2.45, 2.75) is 31.5 Å². The quantitative estimate of drug-likeness (QED) is 0.743. The number of terminal acetylenes is 1. The molecule has 1 aromatic carbocycles. The van der Waals surface area contributed by atoms with E-state index in [1.807, 2.05) is 30.3 Å². The van der Waals surface area contributed by atoms with Crippen LogP contribution in [-0.4, -0.2) is 38.3 Å². The molecular formula is C16H17N7O. The second-order valence-electron chi connectivity index (χ2n) is 5.51. The summed E-state index contributed by atoms with van der Waals surface area (Å²) in [6.45, 7) is 0.544. The molecule has 1 aliphatic heterocycles. The van der Waals surface area contributed by atoms with Gasteiger partial charge in [-0.15, -0.1) is 17.4 Å². The van der Waals surface area contributed by atoms with Crippen LogP contribution < -0.4 is 5.32 Å². The molecular weight excluding hydrogens is 306 g/mol. The van der Waals surface area contributed by atoms with Gasteiger partial charge in [0.2, 0.25) is 5.91 Å². The van der Waals surface area contributed by atoms with Crippen LogP contribution in [0.3, 0.4) is 0 Å². The van der Waals surface area contributed by atoms with E-state index in [1.165, 1.54) is 4.68 Å². The molecule has 1 amide bonds. The molecule has 0 aliphatic carbocycles. The summed E-state index contributed by atoms with van der Waals surface area (Å²) in [6.07, 6.45) is 7.27. The van der Waals surface area contributed by atoms with Crippen LogP contribution in [-0.2, 0) is 11.3 Å². The number of aromatic nitrogens is 4. The van der Waals surface area contributed by atoms with Crippen LogP contribution in [0.1, 0.15) is 19.3 Å². The predicted molar refractivity (Wildman–Crippen MR) is 86.5 cm³/mol. The monoisotopic (exact) mass is 323 g/mol. The molecule has 8 heteroatoms. The number of carbonyl (C=O) groups excluding carboxylic acids is 1. The number of benzene rings is 1. The molecule has 0 fully saturated rings. The van der Waals surface area contributed by atoms with Crippen LogP contribution >= 0.6 is 0 Å². The van der Waals surface area contributed by atoms with E-state index in [2.05, 4.69) is 37.0 Å². The average Bonchev–Trinajstić information content (AvgIpc) is 3.22. The number of hydrogen-bond donors (Lipinski definition) is 1. The molecule has 0 saturated carbocycles. The maximum Gasteiger partial charge on any atom is 0.241 e. The van der Waals surface area contributed by atoms with Gasteiger partial charge in [0.15, 0.2) is 11.5 Å². The molecule has 2 heterocycles. The molecule has 122 valence electrons. The fourth-order valence-corrected chi connectivity index (χ4v) is 2.37. The molecule has 2 aromatic rings. The Bertz CT molecular complexity index is 769. The van der Waals surface area contributed by atoms with Gasteiger partial charge in [0, 0.05) is 31.4 Å². The Labute approximate surface area is 139 Å². The van der Waals surface area contributed by atoms with Gasteiger partial charge in [0.1, 0.15) is 6.54 Å². The molecule has 3 rings (SSSR count). The van der Waals surface area contributed by atoms with Crippen molar-refractivity contribution in [3.8, 4) is 23.7 Å². The Balaban J connectivity index is 1.50. The van der Waals surface area contributed by atoms with Crippen molar-refractivity contribution in [2.24, 2.45) is 10.2 Å². The average molecular weight is 323 g/mol. The maximum absolute atomic E-state index is 12.1. The highest BCUT2D eigenvalue weighted by molar-refractivity contribution is 5.76. The first-order chi connectivity index (χ1) is 11.7. The van der Waals surface area contributed by atoms with Gasteiger partial charge in [-0.3, -0.25) is 4.79 Å². The normalized spacial score (nSPS) is 14.1. The highest BCUT2D eigenvalue weighted by Crippen LogP contribution is 2.35. The summed E-state index contributed by atoms with van der Waals surface area (Å²) in [6, 6.07) is 9.49. The minimum absolute atomic E-state index is 0.0584.